The van der Waals surface area contributed by atoms with Crippen molar-refractivity contribution in [3.05, 3.63) is 52.3 Å². The van der Waals surface area contributed by atoms with Crippen molar-refractivity contribution in [1.82, 2.24) is 0 Å². The summed E-state index contributed by atoms with van der Waals surface area (Å²) in [4.78, 5) is 0. The average Bonchev–Trinajstić information content (AvgIpc) is 2.51. The number of benzene rings is 1. The van der Waals surface area contributed by atoms with E-state index in [1.165, 1.54) is 22.3 Å². The summed E-state index contributed by atoms with van der Waals surface area (Å²) in [5.74, 6) is 2.11. The molecule has 0 aliphatic heterocycles. The maximum atomic E-state index is 6.05. The predicted molar refractivity (Wildman–Crippen MR) is 67.6 cm³/mol. The number of rotatable bonds is 2. The van der Waals surface area contributed by atoms with E-state index in [0.717, 1.165) is 17.9 Å². The standard InChI is InChI=1S/C15H18O.2ClH.Ti/c1-10-8-13(4)14(9-10)16-15-11(2)6-5-7-12(15)3;;;/h5-8H,9H2,1-4H3;2*1H;/q;;;+2/p-2. The van der Waals surface area contributed by atoms with Crippen LogP contribution in [0.2, 0.25) is 0 Å². The second kappa shape index (κ2) is 8.86. The van der Waals surface area contributed by atoms with Crippen molar-refractivity contribution in [2.24, 2.45) is 0 Å². The van der Waals surface area contributed by atoms with Crippen LogP contribution in [-0.2, 0) is 21.7 Å². The van der Waals surface area contributed by atoms with Gasteiger partial charge >= 0.3 is 21.7 Å². The van der Waals surface area contributed by atoms with E-state index in [-0.39, 0.29) is 46.5 Å². The molecule has 0 radical (unpaired) electrons. The van der Waals surface area contributed by atoms with Gasteiger partial charge < -0.3 is 29.6 Å². The molecular weight excluding hydrogens is 315 g/mol. The molecule has 4 heteroatoms. The Labute approximate surface area is 143 Å². The fourth-order valence-electron chi connectivity index (χ4n) is 2.09. The van der Waals surface area contributed by atoms with E-state index in [9.17, 15) is 0 Å². The summed E-state index contributed by atoms with van der Waals surface area (Å²) in [5.41, 5.74) is 5.02. The van der Waals surface area contributed by atoms with Crippen LogP contribution in [-0.4, -0.2) is 0 Å². The van der Waals surface area contributed by atoms with Crippen molar-refractivity contribution in [3.63, 3.8) is 0 Å². The van der Waals surface area contributed by atoms with Gasteiger partial charge in [0.1, 0.15) is 11.5 Å². The fraction of sp³-hybridized carbons (Fsp3) is 0.333. The zero-order valence-corrected chi connectivity index (χ0v) is 14.8. The van der Waals surface area contributed by atoms with Gasteiger partial charge in [0.05, 0.1) is 0 Å². The third-order valence-electron chi connectivity index (χ3n) is 2.98. The van der Waals surface area contributed by atoms with Gasteiger partial charge in [0, 0.05) is 6.42 Å². The van der Waals surface area contributed by atoms with Crippen LogP contribution in [0.5, 0.6) is 5.75 Å². The van der Waals surface area contributed by atoms with E-state index < -0.39 is 0 Å². The van der Waals surface area contributed by atoms with Crippen LogP contribution in [0.3, 0.4) is 0 Å². The number of hydrogen-bond donors (Lipinski definition) is 0. The Kier molecular flexibility index (Phi) is 9.84. The molecule has 0 saturated heterocycles. The predicted octanol–water partition coefficient (Wildman–Crippen LogP) is -1.69. The summed E-state index contributed by atoms with van der Waals surface area (Å²) in [7, 11) is 0. The monoisotopic (exact) mass is 332 g/mol. The van der Waals surface area contributed by atoms with Crippen molar-refractivity contribution in [1.29, 1.82) is 0 Å². The van der Waals surface area contributed by atoms with Gasteiger partial charge in [-0.3, -0.25) is 0 Å². The molecule has 1 aromatic rings. The van der Waals surface area contributed by atoms with E-state index in [2.05, 4.69) is 52.0 Å². The van der Waals surface area contributed by atoms with Crippen molar-refractivity contribution >= 4 is 0 Å². The molecule has 0 fully saturated rings. The maximum Gasteiger partial charge on any atom is 2.00 e. The zero-order valence-electron chi connectivity index (χ0n) is 11.7. The van der Waals surface area contributed by atoms with Crippen molar-refractivity contribution in [2.45, 2.75) is 34.1 Å². The molecule has 0 amide bonds. The minimum absolute atomic E-state index is 0. The molecular formula is C15H18Cl2OTi. The molecule has 1 aliphatic rings. The van der Waals surface area contributed by atoms with Gasteiger partial charge in [-0.05, 0) is 44.4 Å². The van der Waals surface area contributed by atoms with E-state index >= 15 is 0 Å². The first-order valence-electron chi connectivity index (χ1n) is 5.69. The summed E-state index contributed by atoms with van der Waals surface area (Å²) >= 11 is 0. The number of halogens is 2. The van der Waals surface area contributed by atoms with Crippen molar-refractivity contribution in [3.8, 4) is 5.75 Å². The zero-order chi connectivity index (χ0) is 11.7. The van der Waals surface area contributed by atoms with E-state index in [1.807, 2.05) is 0 Å². The Hall–Kier alpha value is -0.206. The summed E-state index contributed by atoms with van der Waals surface area (Å²) < 4.78 is 6.05. The average molecular weight is 333 g/mol. The summed E-state index contributed by atoms with van der Waals surface area (Å²) in [5, 5.41) is 0. The summed E-state index contributed by atoms with van der Waals surface area (Å²) in [6, 6.07) is 6.25. The van der Waals surface area contributed by atoms with Crippen LogP contribution in [0.1, 0.15) is 31.4 Å². The minimum atomic E-state index is 0. The number of para-hydroxylation sites is 1. The topological polar surface area (TPSA) is 9.23 Å². The van der Waals surface area contributed by atoms with Crippen LogP contribution >= 0.6 is 0 Å². The number of aryl methyl sites for hydroxylation is 2. The van der Waals surface area contributed by atoms with E-state index in [1.54, 1.807) is 0 Å². The molecule has 0 atom stereocenters. The minimum Gasteiger partial charge on any atom is -1.00 e. The van der Waals surface area contributed by atoms with E-state index in [4.69, 9.17) is 4.74 Å². The smallest absolute Gasteiger partial charge is 1.00 e. The van der Waals surface area contributed by atoms with Crippen molar-refractivity contribution in [2.75, 3.05) is 0 Å². The summed E-state index contributed by atoms with van der Waals surface area (Å²) in [6.07, 6.45) is 3.14. The second-order valence-corrected chi connectivity index (χ2v) is 4.60. The van der Waals surface area contributed by atoms with Gasteiger partial charge in [-0.25, -0.2) is 0 Å². The van der Waals surface area contributed by atoms with Gasteiger partial charge in [0.15, 0.2) is 0 Å². The molecule has 2 rings (SSSR count). The van der Waals surface area contributed by atoms with Gasteiger partial charge in [-0.15, -0.1) is 0 Å². The molecule has 0 saturated carbocycles. The Morgan fingerprint density at radius 1 is 0.947 bits per heavy atom. The third-order valence-corrected chi connectivity index (χ3v) is 2.98. The Bertz CT molecular complexity index is 473. The summed E-state index contributed by atoms with van der Waals surface area (Å²) in [6.45, 7) is 8.44. The Morgan fingerprint density at radius 2 is 1.47 bits per heavy atom. The maximum absolute atomic E-state index is 6.05. The van der Waals surface area contributed by atoms with Crippen molar-refractivity contribution < 1.29 is 51.3 Å². The first-order chi connectivity index (χ1) is 7.58. The van der Waals surface area contributed by atoms with Gasteiger partial charge in [0.2, 0.25) is 0 Å². The largest absolute Gasteiger partial charge is 2.00 e. The molecule has 19 heavy (non-hydrogen) atoms. The van der Waals surface area contributed by atoms with Crippen LogP contribution < -0.4 is 29.6 Å². The molecule has 0 aromatic heterocycles. The molecule has 102 valence electrons. The number of allylic oxidation sites excluding steroid dienone is 3. The van der Waals surface area contributed by atoms with Gasteiger partial charge in [-0.2, -0.15) is 0 Å². The number of hydrogen-bond acceptors (Lipinski definition) is 1. The molecule has 0 bridgehead atoms. The van der Waals surface area contributed by atoms with Gasteiger partial charge in [-0.1, -0.05) is 29.8 Å². The molecule has 0 heterocycles. The first kappa shape index (κ1) is 21.1. The molecule has 0 unspecified atom stereocenters. The molecule has 0 N–H and O–H groups in total. The normalized spacial score (nSPS) is 12.9. The van der Waals surface area contributed by atoms with Crippen LogP contribution in [0.25, 0.3) is 0 Å². The molecule has 1 aromatic carbocycles. The Balaban J connectivity index is 0. The fourth-order valence-corrected chi connectivity index (χ4v) is 2.09. The number of ether oxygens (including phenoxy) is 1. The first-order valence-corrected chi connectivity index (χ1v) is 5.69. The third kappa shape index (κ3) is 5.00. The quantitative estimate of drug-likeness (QED) is 0.587. The Morgan fingerprint density at radius 3 is 1.89 bits per heavy atom. The second-order valence-electron chi connectivity index (χ2n) is 4.60. The van der Waals surface area contributed by atoms with Crippen LogP contribution in [0, 0.1) is 13.8 Å². The molecule has 1 nitrogen and oxygen atoms in total. The van der Waals surface area contributed by atoms with Gasteiger partial charge in [0.25, 0.3) is 0 Å². The molecule has 0 spiro atoms. The molecule has 1 aliphatic carbocycles. The van der Waals surface area contributed by atoms with E-state index in [0.29, 0.717) is 0 Å². The van der Waals surface area contributed by atoms with Crippen LogP contribution in [0.4, 0.5) is 0 Å². The SMILES string of the molecule is CC1=CC(C)=C(Oc2c(C)cccc2C)C1.[Cl-].[Cl-].[Ti+2]. The van der Waals surface area contributed by atoms with Crippen LogP contribution in [0.15, 0.2) is 41.2 Å².